The molecule has 36 heavy (non-hydrogen) atoms. The number of sulfone groups is 1. The van der Waals surface area contributed by atoms with Crippen molar-refractivity contribution in [2.75, 3.05) is 12.9 Å². The van der Waals surface area contributed by atoms with Crippen LogP contribution in [-0.4, -0.2) is 33.2 Å². The van der Waals surface area contributed by atoms with Gasteiger partial charge in [0.15, 0.2) is 9.84 Å². The van der Waals surface area contributed by atoms with E-state index in [1.165, 1.54) is 23.5 Å². The second-order valence-electron chi connectivity index (χ2n) is 9.41. The van der Waals surface area contributed by atoms with E-state index in [0.29, 0.717) is 34.0 Å². The van der Waals surface area contributed by atoms with Crippen molar-refractivity contribution in [3.05, 3.63) is 76.6 Å². The van der Waals surface area contributed by atoms with E-state index in [1.807, 2.05) is 20.8 Å². The first-order valence-corrected chi connectivity index (χ1v) is 13.6. The van der Waals surface area contributed by atoms with Crippen LogP contribution in [0.2, 0.25) is 0 Å². The van der Waals surface area contributed by atoms with Crippen molar-refractivity contribution < 1.29 is 26.3 Å². The fraction of sp³-hybridized carbons (Fsp3) is 0.269. The van der Waals surface area contributed by atoms with Gasteiger partial charge in [-0.05, 0) is 58.3 Å². The topological polar surface area (TPSA) is 81.8 Å². The summed E-state index contributed by atoms with van der Waals surface area (Å²) in [6.45, 7) is 6.39. The number of ether oxygens (including phenoxy) is 1. The zero-order chi connectivity index (χ0) is 26.7. The Morgan fingerprint density at radius 2 is 1.75 bits per heavy atom. The molecule has 192 valence electrons. The van der Waals surface area contributed by atoms with Gasteiger partial charge in [-0.15, -0.1) is 11.3 Å². The Kier molecular flexibility index (Phi) is 8.00. The highest BCUT2D eigenvalue weighted by Crippen LogP contribution is 2.33. The minimum absolute atomic E-state index is 0.00662. The number of para-hydroxylation sites is 2. The van der Waals surface area contributed by atoms with Gasteiger partial charge in [-0.3, -0.25) is 0 Å². The second-order valence-corrected chi connectivity index (χ2v) is 12.3. The van der Waals surface area contributed by atoms with Crippen LogP contribution >= 0.6 is 11.3 Å². The van der Waals surface area contributed by atoms with Gasteiger partial charge in [-0.1, -0.05) is 45.0 Å². The molecule has 0 bridgehead atoms. The fourth-order valence-corrected chi connectivity index (χ4v) is 4.56. The molecule has 1 heterocycles. The summed E-state index contributed by atoms with van der Waals surface area (Å²) in [6.07, 6.45) is -2.82. The second kappa shape index (κ2) is 10.5. The summed E-state index contributed by atoms with van der Waals surface area (Å²) in [7, 11) is -3.42. The Labute approximate surface area is 213 Å². The number of halogens is 3. The molecule has 0 radical (unpaired) electrons. The van der Waals surface area contributed by atoms with E-state index in [9.17, 15) is 21.6 Å². The summed E-state index contributed by atoms with van der Waals surface area (Å²) >= 11 is 1.17. The molecule has 1 aromatic heterocycles. The van der Waals surface area contributed by atoms with Crippen molar-refractivity contribution in [3.63, 3.8) is 0 Å². The Morgan fingerprint density at radius 3 is 2.39 bits per heavy atom. The molecule has 5 nitrogen and oxygen atoms in total. The van der Waals surface area contributed by atoms with Crippen molar-refractivity contribution in [3.8, 4) is 16.9 Å². The molecular formula is C26H27F3N2O3S2. The molecule has 0 aliphatic carbocycles. The molecular weight excluding hydrogens is 509 g/mol. The first-order chi connectivity index (χ1) is 16.6. The van der Waals surface area contributed by atoms with Crippen molar-refractivity contribution in [2.45, 2.75) is 31.8 Å². The van der Waals surface area contributed by atoms with Crippen LogP contribution in [0.15, 0.2) is 81.6 Å². The number of nitrogens with two attached hydrogens (primary N) is 1. The Hall–Kier alpha value is -3.11. The normalized spacial score (nSPS) is 13.6. The lowest BCUT2D eigenvalue weighted by Gasteiger charge is -2.19. The zero-order valence-electron chi connectivity index (χ0n) is 20.3. The van der Waals surface area contributed by atoms with Crippen molar-refractivity contribution >= 4 is 32.6 Å². The number of thiophene rings is 1. The van der Waals surface area contributed by atoms with E-state index in [1.54, 1.807) is 47.8 Å². The smallest absolute Gasteiger partial charge is 0.430 e. The standard InChI is InChI=1S/C26H27F3N2O3S2/c1-25(2,3)16-34-22-11-6-5-10-20(22)31-21(14-24(30)26(27,28)29)23-13-18(15-35-23)17-8-7-9-19(12-17)36(4,32)33/h5-15H,16,30H2,1-4H3/b24-14-,31-21?. The molecule has 0 atom stereocenters. The average molecular weight is 537 g/mol. The lowest BCUT2D eigenvalue weighted by atomic mass is 9.99. The van der Waals surface area contributed by atoms with Gasteiger partial charge in [0, 0.05) is 6.26 Å². The van der Waals surface area contributed by atoms with Crippen LogP contribution < -0.4 is 10.5 Å². The zero-order valence-corrected chi connectivity index (χ0v) is 21.9. The monoisotopic (exact) mass is 536 g/mol. The highest BCUT2D eigenvalue weighted by molar-refractivity contribution is 7.90. The highest BCUT2D eigenvalue weighted by atomic mass is 32.2. The highest BCUT2D eigenvalue weighted by Gasteiger charge is 2.32. The summed E-state index contributed by atoms with van der Waals surface area (Å²) in [5, 5.41) is 1.73. The summed E-state index contributed by atoms with van der Waals surface area (Å²) in [5.74, 6) is 0.432. The van der Waals surface area contributed by atoms with Crippen LogP contribution in [0.5, 0.6) is 5.75 Å². The number of benzene rings is 2. The van der Waals surface area contributed by atoms with Gasteiger partial charge in [-0.2, -0.15) is 13.2 Å². The van der Waals surface area contributed by atoms with E-state index in [0.717, 1.165) is 12.3 Å². The molecule has 3 aromatic rings. The van der Waals surface area contributed by atoms with Gasteiger partial charge in [0.1, 0.15) is 17.1 Å². The van der Waals surface area contributed by atoms with Crippen LogP contribution in [0, 0.1) is 5.41 Å². The molecule has 3 rings (SSSR count). The lowest BCUT2D eigenvalue weighted by molar-refractivity contribution is -0.0925. The van der Waals surface area contributed by atoms with Crippen LogP contribution in [-0.2, 0) is 9.84 Å². The summed E-state index contributed by atoms with van der Waals surface area (Å²) in [4.78, 5) is 5.07. The third-order valence-corrected chi connectivity index (χ3v) is 6.90. The van der Waals surface area contributed by atoms with E-state index in [2.05, 4.69) is 4.99 Å². The molecule has 0 amide bonds. The molecule has 2 aromatic carbocycles. The number of hydrogen-bond donors (Lipinski definition) is 1. The molecule has 0 saturated heterocycles. The predicted molar refractivity (Wildman–Crippen MR) is 139 cm³/mol. The van der Waals surface area contributed by atoms with E-state index < -0.39 is 21.7 Å². The Balaban J connectivity index is 2.09. The van der Waals surface area contributed by atoms with Crippen LogP contribution in [0.3, 0.4) is 0 Å². The van der Waals surface area contributed by atoms with E-state index in [4.69, 9.17) is 10.5 Å². The van der Waals surface area contributed by atoms with Gasteiger partial charge < -0.3 is 10.5 Å². The summed E-state index contributed by atoms with van der Waals surface area (Å²) in [5.41, 5.74) is 5.54. The number of allylic oxidation sites excluding steroid dienone is 2. The molecule has 0 spiro atoms. The molecule has 2 N–H and O–H groups in total. The van der Waals surface area contributed by atoms with Crippen molar-refractivity contribution in [1.29, 1.82) is 0 Å². The summed E-state index contributed by atoms with van der Waals surface area (Å²) in [6, 6.07) is 14.8. The first-order valence-electron chi connectivity index (χ1n) is 10.9. The molecule has 0 fully saturated rings. The Morgan fingerprint density at radius 1 is 1.06 bits per heavy atom. The number of hydrogen-bond acceptors (Lipinski definition) is 6. The van der Waals surface area contributed by atoms with Gasteiger partial charge in [-0.25, -0.2) is 13.4 Å². The predicted octanol–water partition coefficient (Wildman–Crippen LogP) is 6.77. The number of nitrogens with zero attached hydrogens (tertiary/aromatic N) is 1. The average Bonchev–Trinajstić information content (AvgIpc) is 3.26. The quantitative estimate of drug-likeness (QED) is 0.338. The third-order valence-electron chi connectivity index (χ3n) is 4.83. The van der Waals surface area contributed by atoms with Crippen LogP contribution in [0.4, 0.5) is 18.9 Å². The van der Waals surface area contributed by atoms with Crippen LogP contribution in [0.25, 0.3) is 11.1 Å². The SMILES string of the molecule is CC(C)(C)COc1ccccc1N=C(/C=C(\N)C(F)(F)F)c1cc(-c2cccc(S(C)(=O)=O)c2)cs1. The maximum Gasteiger partial charge on any atom is 0.430 e. The molecule has 0 aliphatic heterocycles. The van der Waals surface area contributed by atoms with Crippen LogP contribution in [0.1, 0.15) is 25.6 Å². The van der Waals surface area contributed by atoms with E-state index >= 15 is 0 Å². The minimum atomic E-state index is -4.73. The third kappa shape index (κ3) is 7.44. The minimum Gasteiger partial charge on any atom is -0.491 e. The lowest BCUT2D eigenvalue weighted by Crippen LogP contribution is -2.20. The number of rotatable bonds is 7. The van der Waals surface area contributed by atoms with Gasteiger partial charge in [0.05, 0.1) is 22.1 Å². The molecule has 10 heteroatoms. The van der Waals surface area contributed by atoms with Gasteiger partial charge in [0.25, 0.3) is 0 Å². The number of alkyl halides is 3. The Bertz CT molecular complexity index is 1400. The molecule has 0 saturated carbocycles. The molecule has 0 aliphatic rings. The fourth-order valence-electron chi connectivity index (χ4n) is 3.01. The number of aliphatic imine (C=N–C) groups is 1. The maximum absolute atomic E-state index is 13.3. The largest absolute Gasteiger partial charge is 0.491 e. The van der Waals surface area contributed by atoms with Gasteiger partial charge >= 0.3 is 6.18 Å². The van der Waals surface area contributed by atoms with Crippen molar-refractivity contribution in [1.82, 2.24) is 0 Å². The summed E-state index contributed by atoms with van der Waals surface area (Å²) < 4.78 is 69.7. The van der Waals surface area contributed by atoms with E-state index in [-0.39, 0.29) is 16.0 Å². The van der Waals surface area contributed by atoms with Gasteiger partial charge in [0.2, 0.25) is 0 Å². The maximum atomic E-state index is 13.3. The molecule has 0 unspecified atom stereocenters. The van der Waals surface area contributed by atoms with Crippen molar-refractivity contribution in [2.24, 2.45) is 16.1 Å². The first kappa shape index (κ1) is 27.5.